The van der Waals surface area contributed by atoms with Gasteiger partial charge in [0.25, 0.3) is 5.56 Å². The molecule has 1 fully saturated rings. The van der Waals surface area contributed by atoms with E-state index in [1.807, 2.05) is 32.0 Å². The molecular weight excluding hydrogens is 302 g/mol. The smallest absolute Gasteiger partial charge is 0.315 e. The average molecular weight is 327 g/mol. The summed E-state index contributed by atoms with van der Waals surface area (Å²) in [6.45, 7) is 4.26. The molecule has 2 aromatic rings. The molecule has 1 saturated carbocycles. The molecule has 5 nitrogen and oxygen atoms in total. The predicted octanol–water partition coefficient (Wildman–Crippen LogP) is 3.28. The van der Waals surface area contributed by atoms with E-state index in [-0.39, 0.29) is 24.2 Å². The molecule has 1 heterocycles. The SMILES string of the molecule is Cc1ccc2cc(CNC(=O)NC3CCCCC3)c(=O)[nH]c2c1C. The number of pyridine rings is 1. The minimum atomic E-state index is -0.193. The number of H-pyrrole nitrogens is 1. The summed E-state index contributed by atoms with van der Waals surface area (Å²) in [5, 5.41) is 6.80. The fourth-order valence-electron chi connectivity index (χ4n) is 3.36. The Morgan fingerprint density at radius 1 is 1.21 bits per heavy atom. The molecule has 24 heavy (non-hydrogen) atoms. The van der Waals surface area contributed by atoms with Gasteiger partial charge in [-0.05, 0) is 49.3 Å². The first kappa shape index (κ1) is 16.6. The van der Waals surface area contributed by atoms with Crippen LogP contribution in [0.2, 0.25) is 0 Å². The molecule has 1 aliphatic rings. The van der Waals surface area contributed by atoms with Crippen molar-refractivity contribution in [2.75, 3.05) is 0 Å². The normalized spacial score (nSPS) is 15.4. The zero-order valence-electron chi connectivity index (χ0n) is 14.4. The highest BCUT2D eigenvalue weighted by Gasteiger charge is 2.15. The molecule has 0 spiro atoms. The first-order valence-electron chi connectivity index (χ1n) is 8.71. The van der Waals surface area contributed by atoms with Gasteiger partial charge in [0.15, 0.2) is 0 Å². The molecule has 128 valence electrons. The summed E-state index contributed by atoms with van der Waals surface area (Å²) >= 11 is 0. The Morgan fingerprint density at radius 3 is 2.71 bits per heavy atom. The zero-order chi connectivity index (χ0) is 17.1. The van der Waals surface area contributed by atoms with Crippen molar-refractivity contribution in [3.63, 3.8) is 0 Å². The quantitative estimate of drug-likeness (QED) is 0.809. The second-order valence-corrected chi connectivity index (χ2v) is 6.76. The molecule has 0 saturated heterocycles. The number of urea groups is 1. The minimum Gasteiger partial charge on any atom is -0.335 e. The minimum absolute atomic E-state index is 0.144. The summed E-state index contributed by atoms with van der Waals surface area (Å²) < 4.78 is 0. The Bertz CT molecular complexity index is 804. The largest absolute Gasteiger partial charge is 0.335 e. The predicted molar refractivity (Wildman–Crippen MR) is 96.3 cm³/mol. The summed E-state index contributed by atoms with van der Waals surface area (Å²) in [6, 6.07) is 5.98. The van der Waals surface area contributed by atoms with Gasteiger partial charge in [-0.3, -0.25) is 4.79 Å². The van der Waals surface area contributed by atoms with Gasteiger partial charge < -0.3 is 15.6 Å². The summed E-state index contributed by atoms with van der Waals surface area (Å²) in [7, 11) is 0. The molecule has 0 radical (unpaired) electrons. The fraction of sp³-hybridized carbons (Fsp3) is 0.474. The van der Waals surface area contributed by atoms with Crippen LogP contribution in [0.25, 0.3) is 10.9 Å². The molecule has 5 heteroatoms. The Morgan fingerprint density at radius 2 is 1.96 bits per heavy atom. The first-order chi connectivity index (χ1) is 11.5. The summed E-state index contributed by atoms with van der Waals surface area (Å²) in [4.78, 5) is 27.2. The summed E-state index contributed by atoms with van der Waals surface area (Å²) in [5.74, 6) is 0. The maximum Gasteiger partial charge on any atom is 0.315 e. The maximum absolute atomic E-state index is 12.3. The van der Waals surface area contributed by atoms with Gasteiger partial charge in [-0.2, -0.15) is 0 Å². The second kappa shape index (κ2) is 7.07. The summed E-state index contributed by atoms with van der Waals surface area (Å²) in [6.07, 6.45) is 5.69. The summed E-state index contributed by atoms with van der Waals surface area (Å²) in [5.41, 5.74) is 3.53. The Balaban J connectivity index is 1.68. The highest BCUT2D eigenvalue weighted by molar-refractivity contribution is 5.83. The van der Waals surface area contributed by atoms with Gasteiger partial charge in [0.1, 0.15) is 0 Å². The van der Waals surface area contributed by atoms with Gasteiger partial charge in [0, 0.05) is 18.2 Å². The van der Waals surface area contributed by atoms with E-state index >= 15 is 0 Å². The molecule has 0 aliphatic heterocycles. The van der Waals surface area contributed by atoms with E-state index in [9.17, 15) is 9.59 Å². The van der Waals surface area contributed by atoms with E-state index in [2.05, 4.69) is 15.6 Å². The second-order valence-electron chi connectivity index (χ2n) is 6.76. The van der Waals surface area contributed by atoms with Crippen LogP contribution in [0.3, 0.4) is 0 Å². The lowest BCUT2D eigenvalue weighted by Gasteiger charge is -2.22. The number of aromatic amines is 1. The fourth-order valence-corrected chi connectivity index (χ4v) is 3.36. The van der Waals surface area contributed by atoms with Crippen LogP contribution < -0.4 is 16.2 Å². The topological polar surface area (TPSA) is 74.0 Å². The van der Waals surface area contributed by atoms with E-state index in [4.69, 9.17) is 0 Å². The first-order valence-corrected chi connectivity index (χ1v) is 8.71. The van der Waals surface area contributed by atoms with Gasteiger partial charge >= 0.3 is 6.03 Å². The molecule has 1 aromatic carbocycles. The van der Waals surface area contributed by atoms with E-state index in [0.717, 1.165) is 34.9 Å². The number of hydrogen-bond acceptors (Lipinski definition) is 2. The van der Waals surface area contributed by atoms with Crippen LogP contribution in [-0.2, 0) is 6.54 Å². The van der Waals surface area contributed by atoms with Crippen molar-refractivity contribution >= 4 is 16.9 Å². The third kappa shape index (κ3) is 3.61. The Hall–Kier alpha value is -2.30. The molecule has 0 unspecified atom stereocenters. The molecule has 1 aliphatic carbocycles. The van der Waals surface area contributed by atoms with Crippen LogP contribution in [-0.4, -0.2) is 17.1 Å². The molecule has 1 aromatic heterocycles. The number of carbonyl (C=O) groups excluding carboxylic acids is 1. The third-order valence-electron chi connectivity index (χ3n) is 5.01. The van der Waals surface area contributed by atoms with Crippen LogP contribution in [0.4, 0.5) is 4.79 Å². The number of aromatic nitrogens is 1. The van der Waals surface area contributed by atoms with Gasteiger partial charge in [0.2, 0.25) is 0 Å². The van der Waals surface area contributed by atoms with Gasteiger partial charge in [-0.15, -0.1) is 0 Å². The van der Waals surface area contributed by atoms with Crippen molar-refractivity contribution in [3.8, 4) is 0 Å². The van der Waals surface area contributed by atoms with Crippen LogP contribution in [0.1, 0.15) is 48.8 Å². The van der Waals surface area contributed by atoms with E-state index in [1.54, 1.807) is 0 Å². The van der Waals surface area contributed by atoms with Crippen molar-refractivity contribution in [1.29, 1.82) is 0 Å². The van der Waals surface area contributed by atoms with Crippen LogP contribution in [0, 0.1) is 13.8 Å². The molecule has 0 bridgehead atoms. The molecule has 0 atom stereocenters. The number of benzene rings is 1. The average Bonchev–Trinajstić information content (AvgIpc) is 2.58. The van der Waals surface area contributed by atoms with E-state index < -0.39 is 0 Å². The lowest BCUT2D eigenvalue weighted by molar-refractivity contribution is 0.232. The van der Waals surface area contributed by atoms with Gasteiger partial charge in [-0.1, -0.05) is 31.4 Å². The van der Waals surface area contributed by atoms with Crippen molar-refractivity contribution in [3.05, 3.63) is 45.2 Å². The standard InChI is InChI=1S/C19H25N3O2/c1-12-8-9-14-10-15(18(23)22-17(14)13(12)2)11-20-19(24)21-16-6-4-3-5-7-16/h8-10,16H,3-7,11H2,1-2H3,(H,22,23)(H2,20,21,24). The van der Waals surface area contributed by atoms with Gasteiger partial charge in [-0.25, -0.2) is 4.79 Å². The molecule has 3 rings (SSSR count). The van der Waals surface area contributed by atoms with Crippen molar-refractivity contribution in [1.82, 2.24) is 15.6 Å². The highest BCUT2D eigenvalue weighted by atomic mass is 16.2. The van der Waals surface area contributed by atoms with E-state index in [0.29, 0.717) is 5.56 Å². The molecule has 3 N–H and O–H groups in total. The van der Waals surface area contributed by atoms with Crippen LogP contribution >= 0.6 is 0 Å². The van der Waals surface area contributed by atoms with Crippen molar-refractivity contribution in [2.24, 2.45) is 0 Å². The molecule has 2 amide bonds. The lowest BCUT2D eigenvalue weighted by atomic mass is 9.96. The number of nitrogens with one attached hydrogen (secondary N) is 3. The van der Waals surface area contributed by atoms with Crippen molar-refractivity contribution < 1.29 is 4.79 Å². The lowest BCUT2D eigenvalue weighted by Crippen LogP contribution is -2.43. The highest BCUT2D eigenvalue weighted by Crippen LogP contribution is 2.19. The van der Waals surface area contributed by atoms with Crippen LogP contribution in [0.5, 0.6) is 0 Å². The number of fused-ring (bicyclic) bond motifs is 1. The Labute approximate surface area is 141 Å². The monoisotopic (exact) mass is 327 g/mol. The van der Waals surface area contributed by atoms with Crippen LogP contribution in [0.15, 0.2) is 23.0 Å². The number of aryl methyl sites for hydroxylation is 2. The number of hydrogen-bond donors (Lipinski definition) is 3. The zero-order valence-corrected chi connectivity index (χ0v) is 14.4. The Kier molecular flexibility index (Phi) is 4.88. The van der Waals surface area contributed by atoms with Gasteiger partial charge in [0.05, 0.1) is 5.52 Å². The van der Waals surface area contributed by atoms with Crippen molar-refractivity contribution in [2.45, 2.75) is 58.5 Å². The maximum atomic E-state index is 12.3. The number of amides is 2. The third-order valence-corrected chi connectivity index (χ3v) is 5.01. The number of carbonyl (C=O) groups is 1. The van der Waals surface area contributed by atoms with E-state index in [1.165, 1.54) is 19.3 Å². The molecular formula is C19H25N3O2. The number of rotatable bonds is 3.